The number of rotatable bonds is 7. The van der Waals surface area contributed by atoms with Gasteiger partial charge < -0.3 is 25.7 Å². The minimum Gasteiger partial charge on any atom is -0.508 e. The minimum atomic E-state index is -0.971. The molecule has 0 spiro atoms. The number of aromatic carboxylic acids is 1. The number of nitrogens with zero attached hydrogens (tertiary/aromatic N) is 3. The van der Waals surface area contributed by atoms with E-state index in [9.17, 15) is 15.0 Å². The molecule has 0 unspecified atom stereocenters. The molecule has 1 fully saturated rings. The Hall–Kier alpha value is -3.65. The van der Waals surface area contributed by atoms with Crippen molar-refractivity contribution in [3.63, 3.8) is 0 Å². The van der Waals surface area contributed by atoms with E-state index in [2.05, 4.69) is 20.5 Å². The first-order chi connectivity index (χ1) is 15.1. The second kappa shape index (κ2) is 9.44. The Balaban J connectivity index is 1.52. The van der Waals surface area contributed by atoms with Gasteiger partial charge in [-0.1, -0.05) is 12.1 Å². The maximum absolute atomic E-state index is 11.7. The number of benzene rings is 1. The van der Waals surface area contributed by atoms with Crippen molar-refractivity contribution in [2.45, 2.75) is 6.42 Å². The molecule has 0 radical (unpaired) electrons. The van der Waals surface area contributed by atoms with E-state index in [4.69, 9.17) is 4.98 Å². The zero-order chi connectivity index (χ0) is 21.6. The highest BCUT2D eigenvalue weighted by Gasteiger charge is 2.16. The first-order valence-electron chi connectivity index (χ1n) is 10.3. The second-order valence-corrected chi connectivity index (χ2v) is 7.41. The number of carbonyl (C=O) groups is 1. The first kappa shape index (κ1) is 20.6. The van der Waals surface area contributed by atoms with Crippen molar-refractivity contribution in [3.8, 4) is 17.0 Å². The molecule has 4 rings (SSSR count). The highest BCUT2D eigenvalue weighted by Crippen LogP contribution is 2.25. The van der Waals surface area contributed by atoms with E-state index >= 15 is 0 Å². The number of anilines is 2. The van der Waals surface area contributed by atoms with Gasteiger partial charge in [0, 0.05) is 44.5 Å². The lowest BCUT2D eigenvalue weighted by Gasteiger charge is -2.29. The molecule has 1 aromatic carbocycles. The number of carboxylic acid groups (broad SMARTS) is 1. The van der Waals surface area contributed by atoms with Gasteiger partial charge in [0.15, 0.2) is 0 Å². The number of hydrogen-bond acceptors (Lipinski definition) is 7. The Morgan fingerprint density at radius 2 is 1.87 bits per heavy atom. The van der Waals surface area contributed by atoms with Crippen LogP contribution in [0.1, 0.15) is 15.9 Å². The topological polar surface area (TPSA) is 111 Å². The molecule has 2 aromatic heterocycles. The van der Waals surface area contributed by atoms with Crippen LogP contribution in [0, 0.1) is 0 Å². The highest BCUT2D eigenvalue weighted by atomic mass is 16.4. The fraction of sp³-hybridized carbons (Fsp3) is 0.261. The van der Waals surface area contributed by atoms with Crippen LogP contribution in [0.5, 0.6) is 5.75 Å². The van der Waals surface area contributed by atoms with E-state index in [1.165, 1.54) is 0 Å². The van der Waals surface area contributed by atoms with Gasteiger partial charge in [-0.15, -0.1) is 0 Å². The quantitative estimate of drug-likeness (QED) is 0.463. The van der Waals surface area contributed by atoms with Crippen LogP contribution in [0.25, 0.3) is 11.3 Å². The summed E-state index contributed by atoms with van der Waals surface area (Å²) in [5.41, 5.74) is 2.74. The van der Waals surface area contributed by atoms with Crippen molar-refractivity contribution in [1.29, 1.82) is 0 Å². The summed E-state index contributed by atoms with van der Waals surface area (Å²) in [6, 6.07) is 14.1. The number of phenolic OH excluding ortho intramolecular Hbond substituents is 1. The van der Waals surface area contributed by atoms with E-state index in [1.807, 2.05) is 24.3 Å². The number of carboxylic acids is 1. The predicted molar refractivity (Wildman–Crippen MR) is 120 cm³/mol. The first-order valence-corrected chi connectivity index (χ1v) is 10.3. The maximum atomic E-state index is 11.7. The Kier molecular flexibility index (Phi) is 6.28. The molecule has 1 aliphatic rings. The molecular formula is C23H25N5O3. The van der Waals surface area contributed by atoms with Gasteiger partial charge in [0.05, 0.1) is 11.3 Å². The van der Waals surface area contributed by atoms with Crippen molar-refractivity contribution in [2.24, 2.45) is 0 Å². The average molecular weight is 419 g/mol. The largest absolute Gasteiger partial charge is 0.508 e. The Labute approximate surface area is 180 Å². The number of piperazine rings is 1. The third-order valence-electron chi connectivity index (χ3n) is 5.21. The average Bonchev–Trinajstić information content (AvgIpc) is 2.81. The van der Waals surface area contributed by atoms with Crippen LogP contribution in [0.2, 0.25) is 0 Å². The smallest absolute Gasteiger partial charge is 0.335 e. The van der Waals surface area contributed by atoms with Crippen molar-refractivity contribution in [1.82, 2.24) is 15.3 Å². The summed E-state index contributed by atoms with van der Waals surface area (Å²) in [5.74, 6) is 0.654. The number of hydrogen-bond donors (Lipinski definition) is 4. The van der Waals surface area contributed by atoms with Gasteiger partial charge in [0.25, 0.3) is 0 Å². The van der Waals surface area contributed by atoms with Crippen molar-refractivity contribution in [2.75, 3.05) is 42.9 Å². The van der Waals surface area contributed by atoms with Gasteiger partial charge in [-0.25, -0.2) is 14.8 Å². The van der Waals surface area contributed by atoms with Gasteiger partial charge in [-0.2, -0.15) is 0 Å². The van der Waals surface area contributed by atoms with Crippen LogP contribution in [-0.2, 0) is 6.42 Å². The maximum Gasteiger partial charge on any atom is 0.335 e. The molecule has 0 saturated carbocycles. The summed E-state index contributed by atoms with van der Waals surface area (Å²) in [6.07, 6.45) is 2.48. The molecule has 160 valence electrons. The monoisotopic (exact) mass is 419 g/mol. The van der Waals surface area contributed by atoms with Crippen LogP contribution in [0.3, 0.4) is 0 Å². The third-order valence-corrected chi connectivity index (χ3v) is 5.21. The lowest BCUT2D eigenvalue weighted by molar-refractivity contribution is 0.0697. The molecule has 8 heteroatoms. The lowest BCUT2D eigenvalue weighted by Crippen LogP contribution is -2.44. The highest BCUT2D eigenvalue weighted by molar-refractivity contribution is 5.90. The summed E-state index contributed by atoms with van der Waals surface area (Å²) >= 11 is 0. The van der Waals surface area contributed by atoms with Crippen LogP contribution in [0.15, 0.2) is 54.7 Å². The molecule has 8 nitrogen and oxygen atoms in total. The SMILES string of the molecule is O=C(O)c1cc(-c2ccnc(NCCc3ccc(O)cc3)c2)nc(N2CCNCC2)c1. The molecule has 0 atom stereocenters. The van der Waals surface area contributed by atoms with E-state index in [0.29, 0.717) is 23.9 Å². The van der Waals surface area contributed by atoms with Crippen LogP contribution >= 0.6 is 0 Å². The fourth-order valence-electron chi connectivity index (χ4n) is 3.53. The molecule has 0 aliphatic carbocycles. The Morgan fingerprint density at radius 1 is 1.10 bits per heavy atom. The Morgan fingerprint density at radius 3 is 2.61 bits per heavy atom. The number of pyridine rings is 2. The standard InChI is InChI=1S/C23H25N5O3/c29-19-3-1-16(2-4-19)5-7-25-21-14-17(6-8-26-21)20-13-18(23(30)31)15-22(27-20)28-11-9-24-10-12-28/h1-4,6,8,13-15,24,29H,5,7,9-12H2,(H,25,26)(H,30,31). The van der Waals surface area contributed by atoms with Crippen LogP contribution < -0.4 is 15.5 Å². The van der Waals surface area contributed by atoms with Gasteiger partial charge in [-0.05, 0) is 48.4 Å². The zero-order valence-electron chi connectivity index (χ0n) is 17.1. The fourth-order valence-corrected chi connectivity index (χ4v) is 3.53. The molecule has 1 aliphatic heterocycles. The molecule has 4 N–H and O–H groups in total. The van der Waals surface area contributed by atoms with Gasteiger partial charge in [0.1, 0.15) is 17.4 Å². The molecule has 3 aromatic rings. The molecule has 0 bridgehead atoms. The number of aromatic nitrogens is 2. The second-order valence-electron chi connectivity index (χ2n) is 7.41. The van der Waals surface area contributed by atoms with Crippen LogP contribution in [0.4, 0.5) is 11.6 Å². The summed E-state index contributed by atoms with van der Waals surface area (Å²) < 4.78 is 0. The van der Waals surface area contributed by atoms with Crippen molar-refractivity contribution < 1.29 is 15.0 Å². The van der Waals surface area contributed by atoms with E-state index in [-0.39, 0.29) is 11.3 Å². The predicted octanol–water partition coefficient (Wildman–Crippen LogP) is 2.61. The van der Waals surface area contributed by atoms with E-state index < -0.39 is 5.97 Å². The minimum absolute atomic E-state index is 0.220. The molecule has 1 saturated heterocycles. The number of nitrogens with one attached hydrogen (secondary N) is 2. The van der Waals surface area contributed by atoms with Gasteiger partial charge >= 0.3 is 5.97 Å². The summed E-state index contributed by atoms with van der Waals surface area (Å²) in [7, 11) is 0. The van der Waals surface area contributed by atoms with Gasteiger partial charge in [-0.3, -0.25) is 0 Å². The molecule has 0 amide bonds. The molecular weight excluding hydrogens is 394 g/mol. The normalized spacial score (nSPS) is 13.7. The van der Waals surface area contributed by atoms with Crippen molar-refractivity contribution in [3.05, 3.63) is 65.9 Å². The Bertz CT molecular complexity index is 1050. The molecule has 3 heterocycles. The van der Waals surface area contributed by atoms with E-state index in [1.54, 1.807) is 30.5 Å². The summed E-state index contributed by atoms with van der Waals surface area (Å²) in [5, 5.41) is 25.5. The zero-order valence-corrected chi connectivity index (χ0v) is 17.1. The summed E-state index contributed by atoms with van der Waals surface area (Å²) in [6.45, 7) is 3.94. The number of aromatic hydroxyl groups is 1. The third kappa shape index (κ3) is 5.29. The van der Waals surface area contributed by atoms with Gasteiger partial charge in [0.2, 0.25) is 0 Å². The lowest BCUT2D eigenvalue weighted by atomic mass is 10.1. The van der Waals surface area contributed by atoms with Crippen LogP contribution in [-0.4, -0.2) is 58.9 Å². The van der Waals surface area contributed by atoms with Crippen molar-refractivity contribution >= 4 is 17.6 Å². The summed E-state index contributed by atoms with van der Waals surface area (Å²) in [4.78, 5) is 22.9. The molecule has 31 heavy (non-hydrogen) atoms. The van der Waals surface area contributed by atoms with E-state index in [0.717, 1.165) is 43.7 Å². The number of phenols is 1.